The fourth-order valence-electron chi connectivity index (χ4n) is 2.84. The van der Waals surface area contributed by atoms with Crippen molar-refractivity contribution in [3.63, 3.8) is 0 Å². The average molecular weight is 314 g/mol. The average Bonchev–Trinajstić information content (AvgIpc) is 2.36. The Bertz CT molecular complexity index is 604. The minimum Gasteiger partial charge on any atom is -0.382 e. The van der Waals surface area contributed by atoms with Gasteiger partial charge in [-0.25, -0.2) is 12.8 Å². The van der Waals surface area contributed by atoms with Crippen LogP contribution >= 0.6 is 0 Å². The number of sulfonamides is 1. The molecule has 0 aromatic heterocycles. The standard InChI is InChI=1S/C15H23FN2O2S/c1-10-4-5-11(2)14(8-10)17-12-6-7-13(16)15(9-12)18-21(3,19)20/h6-7,9-11,14,17-18H,4-5,8H2,1-3H3. The van der Waals surface area contributed by atoms with Crippen molar-refractivity contribution in [3.8, 4) is 0 Å². The van der Waals surface area contributed by atoms with Gasteiger partial charge >= 0.3 is 0 Å². The molecule has 2 rings (SSSR count). The predicted molar refractivity (Wildman–Crippen MR) is 84.5 cm³/mol. The topological polar surface area (TPSA) is 58.2 Å². The first-order valence-corrected chi connectivity index (χ1v) is 9.17. The zero-order chi connectivity index (χ0) is 15.6. The molecule has 1 aromatic carbocycles. The van der Waals surface area contributed by atoms with Crippen molar-refractivity contribution >= 4 is 21.4 Å². The van der Waals surface area contributed by atoms with Gasteiger partial charge in [-0.1, -0.05) is 20.3 Å². The quantitative estimate of drug-likeness (QED) is 0.895. The molecular weight excluding hydrogens is 291 g/mol. The Morgan fingerprint density at radius 1 is 1.24 bits per heavy atom. The molecule has 21 heavy (non-hydrogen) atoms. The summed E-state index contributed by atoms with van der Waals surface area (Å²) in [5.41, 5.74) is 0.729. The Balaban J connectivity index is 2.15. The summed E-state index contributed by atoms with van der Waals surface area (Å²) >= 11 is 0. The molecule has 1 saturated carbocycles. The van der Waals surface area contributed by atoms with E-state index in [2.05, 4.69) is 23.9 Å². The Morgan fingerprint density at radius 2 is 1.95 bits per heavy atom. The highest BCUT2D eigenvalue weighted by atomic mass is 32.2. The number of benzene rings is 1. The van der Waals surface area contributed by atoms with Gasteiger partial charge in [0.1, 0.15) is 5.82 Å². The Morgan fingerprint density at radius 3 is 2.62 bits per heavy atom. The largest absolute Gasteiger partial charge is 0.382 e. The number of nitrogens with one attached hydrogen (secondary N) is 2. The van der Waals surface area contributed by atoms with E-state index in [0.29, 0.717) is 17.9 Å². The monoisotopic (exact) mass is 314 g/mol. The first-order valence-electron chi connectivity index (χ1n) is 7.28. The van der Waals surface area contributed by atoms with E-state index in [1.165, 1.54) is 25.0 Å². The second-order valence-corrected chi connectivity index (χ2v) is 7.96. The van der Waals surface area contributed by atoms with E-state index in [1.54, 1.807) is 6.07 Å². The summed E-state index contributed by atoms with van der Waals surface area (Å²) in [4.78, 5) is 0. The fraction of sp³-hybridized carbons (Fsp3) is 0.600. The lowest BCUT2D eigenvalue weighted by Crippen LogP contribution is -2.33. The Kier molecular flexibility index (Phi) is 4.76. The Labute approximate surface area is 126 Å². The number of anilines is 2. The van der Waals surface area contributed by atoms with Crippen LogP contribution in [0.4, 0.5) is 15.8 Å². The third-order valence-electron chi connectivity index (χ3n) is 4.07. The van der Waals surface area contributed by atoms with E-state index < -0.39 is 15.8 Å². The summed E-state index contributed by atoms with van der Waals surface area (Å²) in [6, 6.07) is 4.79. The van der Waals surface area contributed by atoms with Gasteiger partial charge in [0.2, 0.25) is 10.0 Å². The molecule has 1 aliphatic rings. The van der Waals surface area contributed by atoms with Crippen LogP contribution in [0.25, 0.3) is 0 Å². The van der Waals surface area contributed by atoms with Crippen molar-refractivity contribution in [2.75, 3.05) is 16.3 Å². The van der Waals surface area contributed by atoms with Crippen molar-refractivity contribution in [2.45, 2.75) is 39.2 Å². The van der Waals surface area contributed by atoms with Gasteiger partial charge in [0.25, 0.3) is 0 Å². The maximum atomic E-state index is 13.7. The highest BCUT2D eigenvalue weighted by molar-refractivity contribution is 7.92. The molecule has 1 aliphatic carbocycles. The lowest BCUT2D eigenvalue weighted by atomic mass is 9.80. The minimum absolute atomic E-state index is 0.0148. The molecule has 0 saturated heterocycles. The van der Waals surface area contributed by atoms with Crippen LogP contribution in [0, 0.1) is 17.7 Å². The molecule has 3 atom stereocenters. The number of hydrogen-bond donors (Lipinski definition) is 2. The molecule has 0 radical (unpaired) electrons. The summed E-state index contributed by atoms with van der Waals surface area (Å²) in [6.45, 7) is 4.45. The van der Waals surface area contributed by atoms with E-state index in [1.807, 2.05) is 0 Å². The summed E-state index contributed by atoms with van der Waals surface area (Å²) in [7, 11) is -3.49. The van der Waals surface area contributed by atoms with Gasteiger partial charge in [0.15, 0.2) is 0 Å². The molecule has 3 unspecified atom stereocenters. The molecule has 0 spiro atoms. The zero-order valence-corrected chi connectivity index (χ0v) is 13.5. The second kappa shape index (κ2) is 6.22. The zero-order valence-electron chi connectivity index (χ0n) is 12.7. The lowest BCUT2D eigenvalue weighted by molar-refractivity contribution is 0.280. The van der Waals surface area contributed by atoms with E-state index in [-0.39, 0.29) is 5.69 Å². The molecule has 0 bridgehead atoms. The van der Waals surface area contributed by atoms with Gasteiger partial charge < -0.3 is 5.32 Å². The highest BCUT2D eigenvalue weighted by Crippen LogP contribution is 2.31. The van der Waals surface area contributed by atoms with Crippen molar-refractivity contribution < 1.29 is 12.8 Å². The molecule has 0 aliphatic heterocycles. The van der Waals surface area contributed by atoms with Crippen molar-refractivity contribution in [3.05, 3.63) is 24.0 Å². The third kappa shape index (κ3) is 4.59. The van der Waals surface area contributed by atoms with Gasteiger partial charge in [-0.3, -0.25) is 4.72 Å². The maximum absolute atomic E-state index is 13.7. The summed E-state index contributed by atoms with van der Waals surface area (Å²) in [5.74, 6) is 0.654. The van der Waals surface area contributed by atoms with E-state index >= 15 is 0 Å². The predicted octanol–water partition coefficient (Wildman–Crippen LogP) is 3.43. The smallest absolute Gasteiger partial charge is 0.229 e. The number of hydrogen-bond acceptors (Lipinski definition) is 3. The normalized spacial score (nSPS) is 26.4. The summed E-state index contributed by atoms with van der Waals surface area (Å²) < 4.78 is 38.4. The van der Waals surface area contributed by atoms with Crippen LogP contribution in [0.2, 0.25) is 0 Å². The first kappa shape index (κ1) is 16.1. The van der Waals surface area contributed by atoms with Crippen molar-refractivity contribution in [1.82, 2.24) is 0 Å². The van der Waals surface area contributed by atoms with Gasteiger partial charge in [0, 0.05) is 11.7 Å². The Hall–Kier alpha value is -1.30. The molecule has 0 heterocycles. The summed E-state index contributed by atoms with van der Waals surface area (Å²) in [6.07, 6.45) is 4.50. The van der Waals surface area contributed by atoms with Crippen LogP contribution in [0.1, 0.15) is 33.1 Å². The molecule has 1 fully saturated rings. The van der Waals surface area contributed by atoms with E-state index in [4.69, 9.17) is 0 Å². The van der Waals surface area contributed by atoms with Gasteiger partial charge in [0.05, 0.1) is 11.9 Å². The van der Waals surface area contributed by atoms with Gasteiger partial charge in [-0.2, -0.15) is 0 Å². The van der Waals surface area contributed by atoms with Crippen LogP contribution in [0.5, 0.6) is 0 Å². The third-order valence-corrected chi connectivity index (χ3v) is 4.66. The molecular formula is C15H23FN2O2S. The lowest BCUT2D eigenvalue weighted by Gasteiger charge is -2.34. The minimum atomic E-state index is -3.49. The van der Waals surface area contributed by atoms with E-state index in [9.17, 15) is 12.8 Å². The van der Waals surface area contributed by atoms with Crippen LogP contribution in [-0.2, 0) is 10.0 Å². The molecule has 6 heteroatoms. The van der Waals surface area contributed by atoms with E-state index in [0.717, 1.165) is 18.4 Å². The molecule has 0 amide bonds. The molecule has 118 valence electrons. The molecule has 1 aromatic rings. The summed E-state index contributed by atoms with van der Waals surface area (Å²) in [5, 5.41) is 3.41. The van der Waals surface area contributed by atoms with Crippen LogP contribution in [0.15, 0.2) is 18.2 Å². The van der Waals surface area contributed by atoms with Crippen LogP contribution < -0.4 is 10.0 Å². The SMILES string of the molecule is CC1CCC(C)C(Nc2ccc(F)c(NS(C)(=O)=O)c2)C1. The fourth-order valence-corrected chi connectivity index (χ4v) is 3.40. The molecule has 4 nitrogen and oxygen atoms in total. The maximum Gasteiger partial charge on any atom is 0.229 e. The first-order chi connectivity index (χ1) is 9.74. The van der Waals surface area contributed by atoms with Gasteiger partial charge in [-0.05, 0) is 42.9 Å². The number of rotatable bonds is 4. The van der Waals surface area contributed by atoms with Crippen LogP contribution in [0.3, 0.4) is 0 Å². The number of halogens is 1. The molecule has 2 N–H and O–H groups in total. The van der Waals surface area contributed by atoms with Crippen molar-refractivity contribution in [1.29, 1.82) is 0 Å². The van der Waals surface area contributed by atoms with Gasteiger partial charge in [-0.15, -0.1) is 0 Å². The second-order valence-electron chi connectivity index (χ2n) is 6.22. The highest BCUT2D eigenvalue weighted by Gasteiger charge is 2.25. The van der Waals surface area contributed by atoms with Crippen molar-refractivity contribution in [2.24, 2.45) is 11.8 Å². The van der Waals surface area contributed by atoms with Crippen LogP contribution in [-0.4, -0.2) is 20.7 Å².